The van der Waals surface area contributed by atoms with Crippen molar-refractivity contribution in [1.29, 1.82) is 0 Å². The third kappa shape index (κ3) is 3.12. The summed E-state index contributed by atoms with van der Waals surface area (Å²) >= 11 is 1.55. The molecular weight excluding hydrogens is 336 g/mol. The number of rotatable bonds is 3. The number of phenolic OH excluding ortho intramolecular Hbond substituents is 1. The van der Waals surface area contributed by atoms with Crippen LogP contribution in [-0.4, -0.2) is 33.1 Å². The fraction of sp³-hybridized carbons (Fsp3) is 0.333. The number of aromatic amines is 1. The van der Waals surface area contributed by atoms with Crippen molar-refractivity contribution in [2.75, 3.05) is 0 Å². The summed E-state index contributed by atoms with van der Waals surface area (Å²) in [5.41, 5.74) is 7.38. The zero-order valence-electron chi connectivity index (χ0n) is 13.7. The molecule has 2 heterocycles. The number of carbonyl (C=O) groups is 1. The van der Waals surface area contributed by atoms with Gasteiger partial charge in [-0.05, 0) is 49.3 Å². The Hall–Kier alpha value is -2.38. The molecule has 1 fully saturated rings. The Labute approximate surface area is 149 Å². The van der Waals surface area contributed by atoms with Crippen molar-refractivity contribution in [3.05, 3.63) is 35.2 Å². The smallest absolute Gasteiger partial charge is 0.253 e. The van der Waals surface area contributed by atoms with E-state index in [1.807, 2.05) is 17.5 Å². The first-order chi connectivity index (χ1) is 12.1. The van der Waals surface area contributed by atoms with Crippen LogP contribution in [0.2, 0.25) is 0 Å². The van der Waals surface area contributed by atoms with E-state index in [9.17, 15) is 9.90 Å². The summed E-state index contributed by atoms with van der Waals surface area (Å²) in [5.74, 6) is 0.587. The SMILES string of the molecule is NC1CCC(NC(=O)c2ccc(O)c3[nH]c(-c4cccs4)nc23)CC1. The van der Waals surface area contributed by atoms with Gasteiger partial charge < -0.3 is 21.1 Å². The Morgan fingerprint density at radius 2 is 2.08 bits per heavy atom. The van der Waals surface area contributed by atoms with E-state index >= 15 is 0 Å². The second kappa shape index (κ2) is 6.50. The number of thiophene rings is 1. The summed E-state index contributed by atoms with van der Waals surface area (Å²) in [6, 6.07) is 7.43. The maximum Gasteiger partial charge on any atom is 0.253 e. The predicted octanol–water partition coefficient (Wildman–Crippen LogP) is 3.00. The largest absolute Gasteiger partial charge is 0.506 e. The van der Waals surface area contributed by atoms with E-state index < -0.39 is 0 Å². The second-order valence-corrected chi connectivity index (χ2v) is 7.45. The highest BCUT2D eigenvalue weighted by atomic mass is 32.1. The molecule has 0 bridgehead atoms. The molecule has 1 aromatic carbocycles. The van der Waals surface area contributed by atoms with E-state index in [-0.39, 0.29) is 23.7 Å². The average Bonchev–Trinajstić information content (AvgIpc) is 3.26. The number of amides is 1. The van der Waals surface area contributed by atoms with Crippen LogP contribution < -0.4 is 11.1 Å². The average molecular weight is 356 g/mol. The molecule has 4 rings (SSSR count). The number of hydrogen-bond acceptors (Lipinski definition) is 5. The number of H-pyrrole nitrogens is 1. The van der Waals surface area contributed by atoms with Crippen LogP contribution in [0.15, 0.2) is 29.6 Å². The highest BCUT2D eigenvalue weighted by molar-refractivity contribution is 7.13. The van der Waals surface area contributed by atoms with Crippen LogP contribution >= 0.6 is 11.3 Å². The summed E-state index contributed by atoms with van der Waals surface area (Å²) in [6.45, 7) is 0. The number of carbonyl (C=O) groups excluding carboxylic acids is 1. The van der Waals surface area contributed by atoms with Gasteiger partial charge in [-0.1, -0.05) is 6.07 Å². The molecular formula is C18H20N4O2S. The van der Waals surface area contributed by atoms with Crippen molar-refractivity contribution in [3.63, 3.8) is 0 Å². The third-order valence-electron chi connectivity index (χ3n) is 4.73. The Balaban J connectivity index is 1.65. The Morgan fingerprint density at radius 3 is 2.80 bits per heavy atom. The molecule has 1 aliphatic rings. The minimum Gasteiger partial charge on any atom is -0.506 e. The number of imidazole rings is 1. The standard InChI is InChI=1S/C18H20N4O2S/c19-10-3-5-11(6-4-10)20-18(24)12-7-8-13(23)16-15(12)21-17(22-16)14-2-1-9-25-14/h1-2,7-11,23H,3-6,19H2,(H,20,24)(H,21,22). The van der Waals surface area contributed by atoms with Gasteiger partial charge in [-0.25, -0.2) is 4.98 Å². The van der Waals surface area contributed by atoms with Gasteiger partial charge in [0.2, 0.25) is 0 Å². The number of aromatic nitrogens is 2. The third-order valence-corrected chi connectivity index (χ3v) is 5.61. The molecule has 2 aromatic heterocycles. The van der Waals surface area contributed by atoms with Gasteiger partial charge in [0.1, 0.15) is 22.6 Å². The first-order valence-electron chi connectivity index (χ1n) is 8.44. The molecule has 7 heteroatoms. The van der Waals surface area contributed by atoms with Gasteiger partial charge in [-0.15, -0.1) is 11.3 Å². The lowest BCUT2D eigenvalue weighted by Gasteiger charge is -2.26. The minimum absolute atomic E-state index is 0.0884. The summed E-state index contributed by atoms with van der Waals surface area (Å²) in [6.07, 6.45) is 3.66. The van der Waals surface area contributed by atoms with Gasteiger partial charge in [0.05, 0.1) is 10.4 Å². The highest BCUT2D eigenvalue weighted by Gasteiger charge is 2.23. The predicted molar refractivity (Wildman–Crippen MR) is 98.8 cm³/mol. The van der Waals surface area contributed by atoms with Crippen molar-refractivity contribution in [2.24, 2.45) is 5.73 Å². The minimum atomic E-state index is -0.158. The molecule has 1 aliphatic carbocycles. The molecule has 3 aromatic rings. The zero-order valence-corrected chi connectivity index (χ0v) is 14.5. The van der Waals surface area contributed by atoms with Gasteiger partial charge in [0.25, 0.3) is 5.91 Å². The fourth-order valence-corrected chi connectivity index (χ4v) is 3.99. The number of nitrogens with two attached hydrogens (primary N) is 1. The molecule has 5 N–H and O–H groups in total. The summed E-state index contributed by atoms with van der Waals surface area (Å²) < 4.78 is 0. The molecule has 1 amide bonds. The maximum absolute atomic E-state index is 12.7. The van der Waals surface area contributed by atoms with Crippen molar-refractivity contribution < 1.29 is 9.90 Å². The van der Waals surface area contributed by atoms with Crippen LogP contribution in [0.1, 0.15) is 36.0 Å². The molecule has 130 valence electrons. The normalized spacial score (nSPS) is 20.7. The van der Waals surface area contributed by atoms with Crippen molar-refractivity contribution in [2.45, 2.75) is 37.8 Å². The Kier molecular flexibility index (Phi) is 4.19. The lowest BCUT2D eigenvalue weighted by molar-refractivity contribution is 0.0927. The molecule has 0 aliphatic heterocycles. The molecule has 6 nitrogen and oxygen atoms in total. The molecule has 0 saturated heterocycles. The van der Waals surface area contributed by atoms with Crippen LogP contribution in [0.3, 0.4) is 0 Å². The molecule has 0 unspecified atom stereocenters. The van der Waals surface area contributed by atoms with E-state index in [1.54, 1.807) is 17.4 Å². The van der Waals surface area contributed by atoms with Crippen molar-refractivity contribution >= 4 is 28.3 Å². The lowest BCUT2D eigenvalue weighted by atomic mass is 9.91. The number of aromatic hydroxyl groups is 1. The van der Waals surface area contributed by atoms with Crippen molar-refractivity contribution in [3.8, 4) is 16.5 Å². The quantitative estimate of drug-likeness (QED) is 0.579. The molecule has 25 heavy (non-hydrogen) atoms. The molecule has 0 radical (unpaired) electrons. The second-order valence-electron chi connectivity index (χ2n) is 6.50. The van der Waals surface area contributed by atoms with E-state index in [2.05, 4.69) is 15.3 Å². The van der Waals surface area contributed by atoms with Crippen LogP contribution in [-0.2, 0) is 0 Å². The van der Waals surface area contributed by atoms with E-state index in [4.69, 9.17) is 5.73 Å². The summed E-state index contributed by atoms with van der Waals surface area (Å²) in [7, 11) is 0. The van der Waals surface area contributed by atoms with E-state index in [0.717, 1.165) is 30.6 Å². The zero-order chi connectivity index (χ0) is 17.4. The number of phenols is 1. The summed E-state index contributed by atoms with van der Waals surface area (Å²) in [4.78, 5) is 21.4. The summed E-state index contributed by atoms with van der Waals surface area (Å²) in [5, 5.41) is 15.2. The van der Waals surface area contributed by atoms with Crippen LogP contribution in [0, 0.1) is 0 Å². The Morgan fingerprint density at radius 1 is 1.28 bits per heavy atom. The number of nitrogens with one attached hydrogen (secondary N) is 2. The first kappa shape index (κ1) is 16.1. The van der Waals surface area contributed by atoms with Gasteiger partial charge in [0.15, 0.2) is 0 Å². The highest BCUT2D eigenvalue weighted by Crippen LogP contribution is 2.31. The monoisotopic (exact) mass is 356 g/mol. The van der Waals surface area contributed by atoms with Gasteiger partial charge in [0, 0.05) is 12.1 Å². The molecule has 0 atom stereocenters. The fourth-order valence-electron chi connectivity index (χ4n) is 3.32. The number of nitrogens with zero attached hydrogens (tertiary/aromatic N) is 1. The number of benzene rings is 1. The van der Waals surface area contributed by atoms with Crippen molar-refractivity contribution in [1.82, 2.24) is 15.3 Å². The van der Waals surface area contributed by atoms with Crippen LogP contribution in [0.5, 0.6) is 5.75 Å². The number of fused-ring (bicyclic) bond motifs is 1. The Bertz CT molecular complexity index is 895. The van der Waals surface area contributed by atoms with Gasteiger partial charge in [-0.3, -0.25) is 4.79 Å². The van der Waals surface area contributed by atoms with Gasteiger partial charge >= 0.3 is 0 Å². The topological polar surface area (TPSA) is 104 Å². The van der Waals surface area contributed by atoms with Crippen LogP contribution in [0.25, 0.3) is 21.7 Å². The number of hydrogen-bond donors (Lipinski definition) is 4. The molecule has 1 saturated carbocycles. The van der Waals surface area contributed by atoms with E-state index in [0.29, 0.717) is 22.4 Å². The first-order valence-corrected chi connectivity index (χ1v) is 9.32. The van der Waals surface area contributed by atoms with E-state index in [1.165, 1.54) is 6.07 Å². The maximum atomic E-state index is 12.7. The molecule has 0 spiro atoms. The van der Waals surface area contributed by atoms with Gasteiger partial charge in [-0.2, -0.15) is 0 Å². The van der Waals surface area contributed by atoms with Crippen LogP contribution in [0.4, 0.5) is 0 Å². The lowest BCUT2D eigenvalue weighted by Crippen LogP contribution is -2.40.